The molecule has 1 unspecified atom stereocenters. The number of nitrogens with one attached hydrogen (secondary N) is 2. The summed E-state index contributed by atoms with van der Waals surface area (Å²) in [4.78, 5) is 9.04. The zero-order valence-corrected chi connectivity index (χ0v) is 22.1. The number of anilines is 1. The minimum absolute atomic E-state index is 0.103. The molecule has 0 amide bonds. The Hall–Kier alpha value is -5.15. The highest BCUT2D eigenvalue weighted by Crippen LogP contribution is 2.45. The summed E-state index contributed by atoms with van der Waals surface area (Å²) in [5.74, 6) is 0. The summed E-state index contributed by atoms with van der Waals surface area (Å²) in [6.45, 7) is 2.14. The van der Waals surface area contributed by atoms with Crippen LogP contribution in [0.2, 0.25) is 0 Å². The average Bonchev–Trinajstić information content (AvgIpc) is 3.40. The van der Waals surface area contributed by atoms with Crippen LogP contribution in [-0.4, -0.2) is 10.7 Å². The molecule has 0 spiro atoms. The zero-order valence-electron chi connectivity index (χ0n) is 22.1. The largest absolute Gasteiger partial charge is 0.371 e. The highest BCUT2D eigenvalue weighted by Gasteiger charge is 2.28. The highest BCUT2D eigenvalue weighted by atomic mass is 15.0. The van der Waals surface area contributed by atoms with E-state index in [0.717, 1.165) is 33.7 Å². The van der Waals surface area contributed by atoms with Crippen molar-refractivity contribution in [3.05, 3.63) is 144 Å². The molecule has 0 fully saturated rings. The van der Waals surface area contributed by atoms with Gasteiger partial charge in [-0.15, -0.1) is 0 Å². The van der Waals surface area contributed by atoms with Gasteiger partial charge in [0.1, 0.15) is 0 Å². The molecule has 8 rings (SSSR count). The third kappa shape index (κ3) is 3.48. The minimum Gasteiger partial charge on any atom is -0.371 e. The second-order valence-corrected chi connectivity index (χ2v) is 10.6. The lowest BCUT2D eigenvalue weighted by atomic mass is 9.89. The quantitative estimate of drug-likeness (QED) is 0.222. The normalized spacial score (nSPS) is 14.7. The molecular formula is C37H27N3. The average molecular weight is 514 g/mol. The van der Waals surface area contributed by atoms with Crippen molar-refractivity contribution in [1.29, 1.82) is 0 Å². The first-order valence-electron chi connectivity index (χ1n) is 13.8. The van der Waals surface area contributed by atoms with Gasteiger partial charge in [-0.1, -0.05) is 115 Å². The first kappa shape index (κ1) is 22.8. The lowest BCUT2D eigenvalue weighted by Crippen LogP contribution is -2.25. The van der Waals surface area contributed by atoms with Crippen LogP contribution in [0.3, 0.4) is 0 Å². The van der Waals surface area contributed by atoms with Crippen molar-refractivity contribution < 1.29 is 0 Å². The maximum Gasteiger partial charge on any atom is 0.0967 e. The highest BCUT2D eigenvalue weighted by molar-refractivity contribution is 6.34. The third-order valence-corrected chi connectivity index (χ3v) is 8.14. The van der Waals surface area contributed by atoms with Crippen LogP contribution in [-0.2, 0) is 0 Å². The minimum atomic E-state index is -0.103. The van der Waals surface area contributed by atoms with E-state index in [4.69, 9.17) is 4.99 Å². The van der Waals surface area contributed by atoms with Gasteiger partial charge < -0.3 is 10.3 Å². The summed E-state index contributed by atoms with van der Waals surface area (Å²) in [5.41, 5.74) is 8.90. The van der Waals surface area contributed by atoms with Crippen LogP contribution in [0.4, 0.5) is 11.4 Å². The Labute approximate surface area is 232 Å². The molecule has 0 saturated heterocycles. The van der Waals surface area contributed by atoms with E-state index in [2.05, 4.69) is 139 Å². The van der Waals surface area contributed by atoms with Crippen LogP contribution in [0.25, 0.3) is 43.4 Å². The third-order valence-electron chi connectivity index (χ3n) is 8.14. The Morgan fingerprint density at radius 1 is 0.575 bits per heavy atom. The molecular weight excluding hydrogens is 486 g/mol. The van der Waals surface area contributed by atoms with Crippen LogP contribution < -0.4 is 5.32 Å². The van der Waals surface area contributed by atoms with Gasteiger partial charge in [-0.05, 0) is 52.2 Å². The molecule has 1 atom stereocenters. The van der Waals surface area contributed by atoms with Crippen LogP contribution >= 0.6 is 0 Å². The van der Waals surface area contributed by atoms with E-state index in [-0.39, 0.29) is 6.04 Å². The molecule has 3 nitrogen and oxygen atoms in total. The van der Waals surface area contributed by atoms with Crippen LogP contribution in [0.1, 0.15) is 22.7 Å². The number of hydrogen-bond donors (Lipinski definition) is 2. The maximum atomic E-state index is 5.20. The molecule has 190 valence electrons. The predicted molar refractivity (Wildman–Crippen MR) is 170 cm³/mol. The number of rotatable bonds is 2. The Morgan fingerprint density at radius 2 is 1.27 bits per heavy atom. The van der Waals surface area contributed by atoms with Gasteiger partial charge in [0.15, 0.2) is 0 Å². The number of para-hydroxylation sites is 2. The van der Waals surface area contributed by atoms with Gasteiger partial charge in [0.05, 0.1) is 28.6 Å². The zero-order chi connectivity index (χ0) is 26.6. The van der Waals surface area contributed by atoms with E-state index in [1.54, 1.807) is 0 Å². The molecule has 0 aliphatic carbocycles. The summed E-state index contributed by atoms with van der Waals surface area (Å²) in [7, 11) is 0. The molecule has 0 bridgehead atoms. The van der Waals surface area contributed by atoms with E-state index >= 15 is 0 Å². The van der Waals surface area contributed by atoms with E-state index in [0.29, 0.717) is 0 Å². The van der Waals surface area contributed by atoms with Crippen molar-refractivity contribution in [1.82, 2.24) is 4.98 Å². The van der Waals surface area contributed by atoms with E-state index in [9.17, 15) is 0 Å². The van der Waals surface area contributed by atoms with Gasteiger partial charge in [-0.25, -0.2) is 4.99 Å². The molecule has 2 N–H and O–H groups in total. The van der Waals surface area contributed by atoms with Gasteiger partial charge >= 0.3 is 0 Å². The lowest BCUT2D eigenvalue weighted by Gasteiger charge is -2.28. The number of aromatic nitrogens is 1. The molecule has 2 heterocycles. The van der Waals surface area contributed by atoms with Crippen LogP contribution in [0, 0.1) is 6.92 Å². The fourth-order valence-electron chi connectivity index (χ4n) is 6.28. The fraction of sp³-hybridized carbons (Fsp3) is 0.0541. The monoisotopic (exact) mass is 513 g/mol. The molecule has 1 aromatic heterocycles. The Morgan fingerprint density at radius 3 is 2.17 bits per heavy atom. The molecule has 7 aromatic rings. The number of H-pyrrole nitrogens is 1. The summed E-state index contributed by atoms with van der Waals surface area (Å²) < 4.78 is 0. The number of aliphatic imine (C=N–C) groups is 1. The SMILES string of the molecule is Cc1cccccc2c(cc1)c1cccc3[nH]c4c(C5Nc6ccccc6N=C5c5ccccc5)ccc2c4c31. The molecule has 0 radical (unpaired) electrons. The number of fused-ring (bicyclic) bond motifs is 4. The van der Waals surface area contributed by atoms with Crippen molar-refractivity contribution >= 4 is 60.4 Å². The maximum absolute atomic E-state index is 5.20. The van der Waals surface area contributed by atoms with E-state index in [1.165, 1.54) is 43.4 Å². The van der Waals surface area contributed by atoms with Gasteiger partial charge in [-0.2, -0.15) is 0 Å². The molecule has 1 aliphatic heterocycles. The van der Waals surface area contributed by atoms with Gasteiger partial charge in [-0.3, -0.25) is 0 Å². The number of benzene rings is 5. The standard InChI is InChI=1S/C37H27N3/c1-23-11-4-2-7-14-25-26(20-19-23)27-15-10-18-32-33(27)34-28(25)21-22-29(36(34)40-32)37-35(24-12-5-3-6-13-24)38-30-16-8-9-17-31(30)39-37/h2-22,37,39-40H,1H3. The van der Waals surface area contributed by atoms with E-state index < -0.39 is 0 Å². The fourth-order valence-corrected chi connectivity index (χ4v) is 6.28. The van der Waals surface area contributed by atoms with Crippen molar-refractivity contribution in [3.63, 3.8) is 0 Å². The Balaban J connectivity index is 1.46. The Bertz CT molecular complexity index is 2150. The van der Waals surface area contributed by atoms with Gasteiger partial charge in [0.2, 0.25) is 0 Å². The van der Waals surface area contributed by atoms with Gasteiger partial charge in [0, 0.05) is 21.9 Å². The first-order valence-corrected chi connectivity index (χ1v) is 13.8. The smallest absolute Gasteiger partial charge is 0.0967 e. The second kappa shape index (κ2) is 8.96. The number of aryl methyl sites for hydroxylation is 1. The van der Waals surface area contributed by atoms with E-state index in [1.807, 2.05) is 6.07 Å². The summed E-state index contributed by atoms with van der Waals surface area (Å²) in [6.07, 6.45) is 0. The Kier molecular flexibility index (Phi) is 5.11. The summed E-state index contributed by atoms with van der Waals surface area (Å²) in [5, 5.41) is 11.4. The molecule has 0 saturated carbocycles. The van der Waals surface area contributed by atoms with Crippen molar-refractivity contribution in [2.75, 3.05) is 5.32 Å². The van der Waals surface area contributed by atoms with Crippen molar-refractivity contribution in [2.45, 2.75) is 13.0 Å². The van der Waals surface area contributed by atoms with Gasteiger partial charge in [0.25, 0.3) is 0 Å². The number of nitrogens with zero attached hydrogens (tertiary/aromatic N) is 1. The predicted octanol–water partition coefficient (Wildman–Crippen LogP) is 9.79. The molecule has 40 heavy (non-hydrogen) atoms. The summed E-state index contributed by atoms with van der Waals surface area (Å²) >= 11 is 0. The van der Waals surface area contributed by atoms with Crippen LogP contribution in [0.15, 0.2) is 132 Å². The van der Waals surface area contributed by atoms with Crippen molar-refractivity contribution in [2.24, 2.45) is 4.99 Å². The first-order chi connectivity index (χ1) is 19.8. The van der Waals surface area contributed by atoms with Crippen LogP contribution in [0.5, 0.6) is 0 Å². The molecule has 6 aromatic carbocycles. The number of hydrogen-bond acceptors (Lipinski definition) is 2. The molecule has 3 heteroatoms. The second-order valence-electron chi connectivity index (χ2n) is 10.6. The van der Waals surface area contributed by atoms with Crippen molar-refractivity contribution in [3.8, 4) is 0 Å². The molecule has 1 aliphatic rings. The summed E-state index contributed by atoms with van der Waals surface area (Å²) in [6, 6.07) is 45.2. The lowest BCUT2D eigenvalue weighted by molar-refractivity contribution is 1.02. The topological polar surface area (TPSA) is 40.2 Å². The number of aromatic amines is 1.